The Hall–Kier alpha value is -2.92. The number of carboxylic acid groups (broad SMARTS) is 3. The topological polar surface area (TPSA) is 145 Å². The zero-order valence-electron chi connectivity index (χ0n) is 20.6. The molecule has 0 radical (unpaired) electrons. The van der Waals surface area contributed by atoms with Gasteiger partial charge in [0.05, 0.1) is 18.6 Å². The summed E-state index contributed by atoms with van der Waals surface area (Å²) in [6.45, 7) is 5.49. The van der Waals surface area contributed by atoms with Gasteiger partial charge in [-0.2, -0.15) is 26.3 Å². The molecule has 0 aliphatic carbocycles. The molecule has 0 saturated carbocycles. The quantitative estimate of drug-likeness (QED) is 0.438. The maximum absolute atomic E-state index is 12.1. The molecule has 218 valence electrons. The van der Waals surface area contributed by atoms with E-state index in [0.29, 0.717) is 13.2 Å². The fourth-order valence-electron chi connectivity index (χ4n) is 4.25. The number of rotatable bonds is 6. The summed E-state index contributed by atoms with van der Waals surface area (Å²) < 4.78 is 70.7. The van der Waals surface area contributed by atoms with Crippen LogP contribution in [-0.4, -0.2) is 111 Å². The summed E-state index contributed by atoms with van der Waals surface area (Å²) >= 11 is 0. The first-order valence-corrected chi connectivity index (χ1v) is 11.2. The van der Waals surface area contributed by atoms with Gasteiger partial charge in [0, 0.05) is 58.6 Å². The van der Waals surface area contributed by atoms with Crippen LogP contribution in [0.4, 0.5) is 26.3 Å². The van der Waals surface area contributed by atoms with Gasteiger partial charge in [0.15, 0.2) is 0 Å². The lowest BCUT2D eigenvalue weighted by Gasteiger charge is -2.29. The molecule has 0 amide bonds. The number of ether oxygens (including phenoxy) is 1. The summed E-state index contributed by atoms with van der Waals surface area (Å²) in [5.74, 6) is -4.95. The van der Waals surface area contributed by atoms with Crippen LogP contribution in [0.15, 0.2) is 12.4 Å². The number of aromatic nitrogens is 2. The normalized spacial score (nSPS) is 22.3. The third kappa shape index (κ3) is 9.75. The smallest absolute Gasteiger partial charge is 0.481 e. The molecule has 2 atom stereocenters. The van der Waals surface area contributed by atoms with E-state index in [-0.39, 0.29) is 5.92 Å². The minimum absolute atomic E-state index is 0.162. The maximum atomic E-state index is 12.1. The molecule has 2 aliphatic heterocycles. The van der Waals surface area contributed by atoms with E-state index in [1.54, 1.807) is 7.11 Å². The molecular weight excluding hydrogens is 534 g/mol. The molecule has 11 nitrogen and oxygen atoms in total. The third-order valence-corrected chi connectivity index (χ3v) is 6.15. The van der Waals surface area contributed by atoms with Gasteiger partial charge in [0.25, 0.3) is 0 Å². The number of imidazole rings is 1. The molecule has 1 aromatic heterocycles. The van der Waals surface area contributed by atoms with E-state index in [4.69, 9.17) is 24.5 Å². The Kier molecular flexibility index (Phi) is 12.0. The Labute approximate surface area is 213 Å². The molecular formula is C21H30F6N4O7. The molecule has 0 bridgehead atoms. The van der Waals surface area contributed by atoms with Crippen LogP contribution in [0.3, 0.4) is 0 Å². The average molecular weight is 564 g/mol. The number of hydrogen-bond donors (Lipinski definition) is 3. The Balaban J connectivity index is 0.000000426. The summed E-state index contributed by atoms with van der Waals surface area (Å²) in [6.07, 6.45) is -4.72. The molecule has 3 rings (SSSR count). The number of hydrogen-bond acceptors (Lipinski definition) is 7. The predicted molar refractivity (Wildman–Crippen MR) is 117 cm³/mol. The Morgan fingerprint density at radius 2 is 1.58 bits per heavy atom. The second-order valence-electron chi connectivity index (χ2n) is 8.78. The highest BCUT2D eigenvalue weighted by molar-refractivity contribution is 5.76. The lowest BCUT2D eigenvalue weighted by Crippen LogP contribution is -2.41. The number of fused-ring (bicyclic) bond motifs is 1. The van der Waals surface area contributed by atoms with Gasteiger partial charge in [-0.1, -0.05) is 0 Å². The highest BCUT2D eigenvalue weighted by atomic mass is 19.4. The van der Waals surface area contributed by atoms with Crippen LogP contribution in [0, 0.1) is 11.3 Å². The van der Waals surface area contributed by atoms with E-state index < -0.39 is 35.7 Å². The molecule has 0 spiro atoms. The number of halogens is 6. The molecule has 3 heterocycles. The molecule has 2 aliphatic rings. The van der Waals surface area contributed by atoms with Gasteiger partial charge in [-0.15, -0.1) is 0 Å². The van der Waals surface area contributed by atoms with E-state index in [1.807, 2.05) is 24.0 Å². The number of carbonyl (C=O) groups is 3. The molecule has 0 unspecified atom stereocenters. The van der Waals surface area contributed by atoms with E-state index in [0.717, 1.165) is 51.4 Å². The summed E-state index contributed by atoms with van der Waals surface area (Å²) in [5, 5.41) is 24.2. The zero-order valence-corrected chi connectivity index (χ0v) is 20.6. The molecule has 2 fully saturated rings. The van der Waals surface area contributed by atoms with E-state index in [9.17, 15) is 36.2 Å². The van der Waals surface area contributed by atoms with Gasteiger partial charge in [-0.05, 0) is 19.4 Å². The van der Waals surface area contributed by atoms with Crippen molar-refractivity contribution < 1.29 is 60.8 Å². The van der Waals surface area contributed by atoms with Crippen molar-refractivity contribution in [1.29, 1.82) is 0 Å². The van der Waals surface area contributed by atoms with Crippen LogP contribution in [0.1, 0.15) is 18.7 Å². The molecule has 0 aromatic carbocycles. The van der Waals surface area contributed by atoms with Crippen LogP contribution in [0.2, 0.25) is 0 Å². The van der Waals surface area contributed by atoms with Crippen molar-refractivity contribution in [3.05, 3.63) is 18.2 Å². The monoisotopic (exact) mass is 564 g/mol. The number of methoxy groups -OCH3 is 1. The van der Waals surface area contributed by atoms with Crippen LogP contribution in [0.5, 0.6) is 0 Å². The lowest BCUT2D eigenvalue weighted by molar-refractivity contribution is -0.193. The number of alkyl halides is 6. The van der Waals surface area contributed by atoms with Gasteiger partial charge in [-0.25, -0.2) is 14.6 Å². The van der Waals surface area contributed by atoms with Crippen LogP contribution < -0.4 is 0 Å². The number of nitrogens with zero attached hydrogens (tertiary/aromatic N) is 4. The Morgan fingerprint density at radius 3 is 2.00 bits per heavy atom. The van der Waals surface area contributed by atoms with Crippen molar-refractivity contribution in [2.24, 2.45) is 18.4 Å². The van der Waals surface area contributed by atoms with E-state index in [1.165, 1.54) is 0 Å². The van der Waals surface area contributed by atoms with Crippen molar-refractivity contribution in [3.63, 3.8) is 0 Å². The average Bonchev–Trinajstić information content (AvgIpc) is 3.30. The number of aliphatic carboxylic acids is 3. The lowest BCUT2D eigenvalue weighted by atomic mass is 9.75. The molecule has 17 heteroatoms. The van der Waals surface area contributed by atoms with Crippen molar-refractivity contribution in [3.8, 4) is 0 Å². The highest BCUT2D eigenvalue weighted by Gasteiger charge is 2.53. The van der Waals surface area contributed by atoms with E-state index >= 15 is 0 Å². The second kappa shape index (κ2) is 13.7. The minimum Gasteiger partial charge on any atom is -0.481 e. The first-order chi connectivity index (χ1) is 17.4. The third-order valence-electron chi connectivity index (χ3n) is 6.15. The first-order valence-electron chi connectivity index (χ1n) is 11.2. The van der Waals surface area contributed by atoms with Gasteiger partial charge >= 0.3 is 30.3 Å². The Bertz CT molecular complexity index is 916. The molecule has 3 N–H and O–H groups in total. The van der Waals surface area contributed by atoms with Gasteiger partial charge in [0.2, 0.25) is 0 Å². The van der Waals surface area contributed by atoms with Gasteiger partial charge in [0.1, 0.15) is 5.82 Å². The fraction of sp³-hybridized carbons (Fsp3) is 0.714. The second-order valence-corrected chi connectivity index (χ2v) is 8.78. The summed E-state index contributed by atoms with van der Waals surface area (Å²) in [7, 11) is 3.69. The van der Waals surface area contributed by atoms with Crippen molar-refractivity contribution in [2.75, 3.05) is 46.4 Å². The predicted octanol–water partition coefficient (Wildman–Crippen LogP) is 1.93. The largest absolute Gasteiger partial charge is 0.490 e. The maximum Gasteiger partial charge on any atom is 0.490 e. The number of likely N-dealkylation sites (tertiary alicyclic amines) is 2. The van der Waals surface area contributed by atoms with E-state index in [2.05, 4.69) is 14.8 Å². The van der Waals surface area contributed by atoms with Crippen LogP contribution in [-0.2, 0) is 32.7 Å². The summed E-state index contributed by atoms with van der Waals surface area (Å²) in [5.41, 5.74) is -0.607. The van der Waals surface area contributed by atoms with Gasteiger partial charge < -0.3 is 24.6 Å². The number of aryl methyl sites for hydroxylation is 1. The standard InChI is InChI=1S/C17H28N4O3.2C2HF3O2/c1-19-7-5-18-15(19)12-20-6-3-4-17(16(22)23)13-21(8-9-24-2)11-14(17)10-20;2*3-2(4,5)1(6)7/h5,7,14H,3-4,6,8-13H2,1-2H3,(H,22,23);2*(H,6,7)/t14-,17-;;/m0../s1. The minimum atomic E-state index is -5.08. The molecule has 2 saturated heterocycles. The Morgan fingerprint density at radius 1 is 1.05 bits per heavy atom. The zero-order chi connectivity index (χ0) is 29.3. The van der Waals surface area contributed by atoms with Crippen molar-refractivity contribution >= 4 is 17.9 Å². The van der Waals surface area contributed by atoms with Crippen molar-refractivity contribution in [1.82, 2.24) is 19.4 Å². The first kappa shape index (κ1) is 33.1. The van der Waals surface area contributed by atoms with Gasteiger partial charge in [-0.3, -0.25) is 14.6 Å². The number of carboxylic acids is 3. The SMILES string of the molecule is COCCN1C[C@@H]2CN(Cc3nccn3C)CCC[C@]2(C(=O)O)C1.O=C(O)C(F)(F)F.O=C(O)C(F)(F)F. The summed E-state index contributed by atoms with van der Waals surface area (Å²) in [6, 6.07) is 0. The molecule has 38 heavy (non-hydrogen) atoms. The van der Waals surface area contributed by atoms with Crippen LogP contribution >= 0.6 is 0 Å². The van der Waals surface area contributed by atoms with Crippen LogP contribution in [0.25, 0.3) is 0 Å². The summed E-state index contributed by atoms with van der Waals surface area (Å²) in [4.78, 5) is 38.9. The van der Waals surface area contributed by atoms with Crippen molar-refractivity contribution in [2.45, 2.75) is 31.7 Å². The fourth-order valence-corrected chi connectivity index (χ4v) is 4.25. The highest BCUT2D eigenvalue weighted by Crippen LogP contribution is 2.43. The molecule has 1 aromatic rings.